The number of furan rings is 1. The van der Waals surface area contributed by atoms with E-state index < -0.39 is 0 Å². The molecule has 1 aromatic carbocycles. The second kappa shape index (κ2) is 8.18. The summed E-state index contributed by atoms with van der Waals surface area (Å²) in [4.78, 5) is 0. The zero-order valence-electron chi connectivity index (χ0n) is 16.3. The summed E-state index contributed by atoms with van der Waals surface area (Å²) < 4.78 is 22.4. The van der Waals surface area contributed by atoms with E-state index in [0.29, 0.717) is 34.3 Å². The van der Waals surface area contributed by atoms with Crippen molar-refractivity contribution < 1.29 is 13.9 Å². The zero-order chi connectivity index (χ0) is 19.5. The smallest absolute Gasteiger partial charge is 0.239 e. The molecule has 2 heterocycles. The SMILES string of the molecule is COc1cccc(OC)c1-n1c(NSC2CCCC2)nnc1-c1ccc(C)o1. The number of nitrogens with one attached hydrogen (secondary N) is 1. The molecule has 4 rings (SSSR count). The third-order valence-electron chi connectivity index (χ3n) is 4.87. The van der Waals surface area contributed by atoms with Crippen molar-refractivity contribution in [3.63, 3.8) is 0 Å². The number of nitrogens with zero attached hydrogens (tertiary/aromatic N) is 3. The average molecular weight is 401 g/mol. The molecule has 0 spiro atoms. The van der Waals surface area contributed by atoms with E-state index in [9.17, 15) is 0 Å². The lowest BCUT2D eigenvalue weighted by atomic mass is 10.2. The molecule has 148 valence electrons. The first-order chi connectivity index (χ1) is 13.7. The van der Waals surface area contributed by atoms with Gasteiger partial charge in [-0.2, -0.15) is 0 Å². The van der Waals surface area contributed by atoms with E-state index >= 15 is 0 Å². The number of ether oxygens (including phenoxy) is 2. The number of hydrogen-bond acceptors (Lipinski definition) is 7. The van der Waals surface area contributed by atoms with Crippen molar-refractivity contribution in [2.75, 3.05) is 18.9 Å². The summed E-state index contributed by atoms with van der Waals surface area (Å²) in [5, 5.41) is 9.39. The quantitative estimate of drug-likeness (QED) is 0.568. The maximum Gasteiger partial charge on any atom is 0.239 e. The van der Waals surface area contributed by atoms with Gasteiger partial charge in [0.05, 0.1) is 14.2 Å². The molecule has 0 unspecified atom stereocenters. The summed E-state index contributed by atoms with van der Waals surface area (Å²) in [5.41, 5.74) is 0.732. The highest BCUT2D eigenvalue weighted by molar-refractivity contribution is 8.01. The normalized spacial score (nSPS) is 14.4. The van der Waals surface area contributed by atoms with E-state index in [1.807, 2.05) is 41.8 Å². The Morgan fingerprint density at radius 1 is 1.07 bits per heavy atom. The third kappa shape index (κ3) is 3.56. The van der Waals surface area contributed by atoms with Gasteiger partial charge in [-0.1, -0.05) is 18.9 Å². The lowest BCUT2D eigenvalue weighted by Gasteiger charge is -2.17. The third-order valence-corrected chi connectivity index (χ3v) is 5.97. The van der Waals surface area contributed by atoms with Crippen LogP contribution in [0.5, 0.6) is 11.5 Å². The van der Waals surface area contributed by atoms with Gasteiger partial charge in [-0.25, -0.2) is 0 Å². The van der Waals surface area contributed by atoms with Gasteiger partial charge >= 0.3 is 0 Å². The fourth-order valence-electron chi connectivity index (χ4n) is 3.47. The number of anilines is 1. The predicted octanol–water partition coefficient (Wildman–Crippen LogP) is 4.86. The summed E-state index contributed by atoms with van der Waals surface area (Å²) >= 11 is 1.70. The fourth-order valence-corrected chi connectivity index (χ4v) is 4.44. The van der Waals surface area contributed by atoms with E-state index in [2.05, 4.69) is 14.9 Å². The lowest BCUT2D eigenvalue weighted by Crippen LogP contribution is -2.08. The molecular formula is C20H24N4O3S. The summed E-state index contributed by atoms with van der Waals surface area (Å²) in [6.45, 7) is 1.91. The van der Waals surface area contributed by atoms with Crippen molar-refractivity contribution in [1.82, 2.24) is 14.8 Å². The summed E-state index contributed by atoms with van der Waals surface area (Å²) in [7, 11) is 3.28. The number of hydrogen-bond donors (Lipinski definition) is 1. The van der Waals surface area contributed by atoms with Gasteiger partial charge in [0.25, 0.3) is 0 Å². The number of rotatable bonds is 7. The number of aryl methyl sites for hydroxylation is 1. The van der Waals surface area contributed by atoms with Crippen LogP contribution in [0.25, 0.3) is 17.3 Å². The first-order valence-corrected chi connectivity index (χ1v) is 10.2. The highest BCUT2D eigenvalue weighted by atomic mass is 32.2. The Labute approximate surface area is 168 Å². The van der Waals surface area contributed by atoms with Gasteiger partial charge in [0, 0.05) is 5.25 Å². The van der Waals surface area contributed by atoms with Gasteiger partial charge in [0.1, 0.15) is 22.9 Å². The van der Waals surface area contributed by atoms with E-state index in [1.54, 1.807) is 26.2 Å². The van der Waals surface area contributed by atoms with Crippen molar-refractivity contribution in [2.45, 2.75) is 37.9 Å². The van der Waals surface area contributed by atoms with Crippen LogP contribution in [0.15, 0.2) is 34.7 Å². The number of methoxy groups -OCH3 is 2. The van der Waals surface area contributed by atoms with Crippen LogP contribution in [0.1, 0.15) is 31.4 Å². The highest BCUT2D eigenvalue weighted by Gasteiger charge is 2.25. The van der Waals surface area contributed by atoms with Gasteiger partial charge in [0.2, 0.25) is 11.8 Å². The standard InChI is InChI=1S/C20H24N4O3S/c1-13-11-12-17(27-13)19-21-22-20(23-28-14-7-4-5-8-14)24(19)18-15(25-2)9-6-10-16(18)26-3/h6,9-12,14H,4-5,7-8H2,1-3H3,(H,22,23). The first kappa shape index (κ1) is 18.7. The lowest BCUT2D eigenvalue weighted by molar-refractivity contribution is 0.391. The van der Waals surface area contributed by atoms with Crippen LogP contribution in [0.2, 0.25) is 0 Å². The Bertz CT molecular complexity index is 925. The summed E-state index contributed by atoms with van der Waals surface area (Å²) in [6, 6.07) is 9.48. The van der Waals surface area contributed by atoms with Gasteiger partial charge in [-0.05, 0) is 56.0 Å². The summed E-state index contributed by atoms with van der Waals surface area (Å²) in [5.74, 6) is 3.98. The molecule has 8 heteroatoms. The Hall–Kier alpha value is -2.61. The minimum absolute atomic E-state index is 0.582. The van der Waals surface area contributed by atoms with Crippen molar-refractivity contribution in [1.29, 1.82) is 0 Å². The molecule has 1 saturated carbocycles. The molecule has 7 nitrogen and oxygen atoms in total. The Morgan fingerprint density at radius 2 is 1.79 bits per heavy atom. The van der Waals surface area contributed by atoms with Crippen LogP contribution in [0, 0.1) is 6.92 Å². The largest absolute Gasteiger partial charge is 0.494 e. The molecule has 0 atom stereocenters. The topological polar surface area (TPSA) is 74.3 Å². The minimum atomic E-state index is 0.582. The first-order valence-electron chi connectivity index (χ1n) is 9.36. The highest BCUT2D eigenvalue weighted by Crippen LogP contribution is 2.39. The molecule has 2 aromatic heterocycles. The molecule has 1 fully saturated rings. The van der Waals surface area contributed by atoms with Crippen LogP contribution < -0.4 is 14.2 Å². The maximum atomic E-state index is 5.83. The van der Waals surface area contributed by atoms with Crippen LogP contribution in [-0.4, -0.2) is 34.2 Å². The Morgan fingerprint density at radius 3 is 2.39 bits per heavy atom. The fraction of sp³-hybridized carbons (Fsp3) is 0.400. The maximum absolute atomic E-state index is 5.83. The number of para-hydroxylation sites is 1. The van der Waals surface area contributed by atoms with Crippen molar-refractivity contribution in [2.24, 2.45) is 0 Å². The average Bonchev–Trinajstić information content (AvgIpc) is 3.46. The minimum Gasteiger partial charge on any atom is -0.494 e. The van der Waals surface area contributed by atoms with Crippen molar-refractivity contribution in [3.8, 4) is 28.8 Å². The molecule has 3 aromatic rings. The molecule has 1 N–H and O–H groups in total. The van der Waals surface area contributed by atoms with Crippen LogP contribution in [-0.2, 0) is 0 Å². The van der Waals surface area contributed by atoms with Gasteiger partial charge in [0.15, 0.2) is 5.76 Å². The monoisotopic (exact) mass is 400 g/mol. The number of benzene rings is 1. The van der Waals surface area contributed by atoms with E-state index in [4.69, 9.17) is 13.9 Å². The predicted molar refractivity (Wildman–Crippen MR) is 110 cm³/mol. The molecule has 1 aliphatic carbocycles. The molecule has 0 saturated heterocycles. The Kier molecular flexibility index (Phi) is 5.47. The molecule has 0 amide bonds. The molecule has 0 radical (unpaired) electrons. The second-order valence-electron chi connectivity index (χ2n) is 6.73. The van der Waals surface area contributed by atoms with Crippen molar-refractivity contribution in [3.05, 3.63) is 36.1 Å². The van der Waals surface area contributed by atoms with Crippen LogP contribution >= 0.6 is 11.9 Å². The van der Waals surface area contributed by atoms with E-state index in [0.717, 1.165) is 11.4 Å². The van der Waals surface area contributed by atoms with E-state index in [1.165, 1.54) is 25.7 Å². The van der Waals surface area contributed by atoms with Gasteiger partial charge < -0.3 is 13.9 Å². The Balaban J connectivity index is 1.82. The molecule has 1 aliphatic rings. The zero-order valence-corrected chi connectivity index (χ0v) is 17.1. The number of aromatic nitrogens is 3. The summed E-state index contributed by atoms with van der Waals surface area (Å²) in [6.07, 6.45) is 4.99. The molecule has 0 bridgehead atoms. The second-order valence-corrected chi connectivity index (χ2v) is 7.84. The van der Waals surface area contributed by atoms with Crippen molar-refractivity contribution >= 4 is 17.9 Å². The van der Waals surface area contributed by atoms with Crippen LogP contribution in [0.3, 0.4) is 0 Å². The van der Waals surface area contributed by atoms with E-state index in [-0.39, 0.29) is 0 Å². The van der Waals surface area contributed by atoms with Gasteiger partial charge in [-0.3, -0.25) is 9.29 Å². The molecule has 0 aliphatic heterocycles. The van der Waals surface area contributed by atoms with Gasteiger partial charge in [-0.15, -0.1) is 10.2 Å². The van der Waals surface area contributed by atoms with Crippen LogP contribution in [0.4, 0.5) is 5.95 Å². The molecule has 28 heavy (non-hydrogen) atoms. The molecular weight excluding hydrogens is 376 g/mol.